The van der Waals surface area contributed by atoms with E-state index in [0.29, 0.717) is 36.1 Å². The number of aryl methyl sites for hydroxylation is 1. The van der Waals surface area contributed by atoms with Crippen LogP contribution in [0.2, 0.25) is 5.02 Å². The number of hydrogen-bond donors (Lipinski definition) is 0. The molecule has 1 amide bonds. The number of amides is 1. The molecule has 1 heterocycles. The Hall–Kier alpha value is -2.66. The van der Waals surface area contributed by atoms with E-state index >= 15 is 0 Å². The third kappa shape index (κ3) is 6.43. The molecule has 3 aromatic rings. The number of aromatic nitrogens is 2. The number of halogens is 1. The Kier molecular flexibility index (Phi) is 7.82. The van der Waals surface area contributed by atoms with Crippen LogP contribution >= 0.6 is 11.6 Å². The number of benzene rings is 2. The monoisotopic (exact) mass is 411 g/mol. The molecule has 5 nitrogen and oxygen atoms in total. The molecule has 0 fully saturated rings. The van der Waals surface area contributed by atoms with Crippen molar-refractivity contribution in [1.29, 1.82) is 0 Å². The normalized spacial score (nSPS) is 10.8. The summed E-state index contributed by atoms with van der Waals surface area (Å²) in [6.45, 7) is 3.45. The van der Waals surface area contributed by atoms with Crippen molar-refractivity contribution in [3.63, 3.8) is 0 Å². The Labute approximate surface area is 176 Å². The van der Waals surface area contributed by atoms with Gasteiger partial charge in [0.05, 0.1) is 0 Å². The lowest BCUT2D eigenvalue weighted by Crippen LogP contribution is -2.34. The third-order valence-corrected chi connectivity index (χ3v) is 4.99. The van der Waals surface area contributed by atoms with Gasteiger partial charge >= 0.3 is 0 Å². The average Bonchev–Trinajstić information content (AvgIpc) is 3.22. The topological polar surface area (TPSA) is 59.2 Å². The quantitative estimate of drug-likeness (QED) is 0.460. The van der Waals surface area contributed by atoms with Crippen LogP contribution in [0.3, 0.4) is 0 Å². The first kappa shape index (κ1) is 21.1. The molecule has 0 aliphatic carbocycles. The SMILES string of the molecule is CCCCN(CCc1nc(-c2cccc(Cl)c2)no1)C(=O)CCc1ccccc1. The molecule has 0 saturated carbocycles. The van der Waals surface area contributed by atoms with Crippen LogP contribution in [0, 0.1) is 0 Å². The first-order valence-electron chi connectivity index (χ1n) is 10.1. The van der Waals surface area contributed by atoms with Crippen LogP contribution in [0.1, 0.15) is 37.6 Å². The molecular formula is C23H26ClN3O2. The van der Waals surface area contributed by atoms with Crippen LogP contribution in [-0.4, -0.2) is 34.0 Å². The van der Waals surface area contributed by atoms with Crippen molar-refractivity contribution in [3.05, 3.63) is 71.1 Å². The van der Waals surface area contributed by atoms with Crippen molar-refractivity contribution in [3.8, 4) is 11.4 Å². The predicted molar refractivity (Wildman–Crippen MR) is 115 cm³/mol. The maximum absolute atomic E-state index is 12.8. The van der Waals surface area contributed by atoms with Gasteiger partial charge in [0.15, 0.2) is 0 Å². The van der Waals surface area contributed by atoms with Crippen molar-refractivity contribution in [2.45, 2.75) is 39.0 Å². The molecule has 0 unspecified atom stereocenters. The van der Waals surface area contributed by atoms with Gasteiger partial charge in [0.2, 0.25) is 17.6 Å². The van der Waals surface area contributed by atoms with E-state index in [4.69, 9.17) is 16.1 Å². The van der Waals surface area contributed by atoms with Crippen molar-refractivity contribution in [2.24, 2.45) is 0 Å². The molecule has 29 heavy (non-hydrogen) atoms. The summed E-state index contributed by atoms with van der Waals surface area (Å²) in [5.74, 6) is 1.20. The van der Waals surface area contributed by atoms with Crippen LogP contribution < -0.4 is 0 Å². The van der Waals surface area contributed by atoms with Gasteiger partial charge in [-0.3, -0.25) is 4.79 Å². The van der Waals surface area contributed by atoms with Crippen LogP contribution in [0.5, 0.6) is 0 Å². The fourth-order valence-electron chi connectivity index (χ4n) is 3.10. The maximum atomic E-state index is 12.8. The molecule has 0 radical (unpaired) electrons. The van der Waals surface area contributed by atoms with Gasteiger partial charge in [-0.15, -0.1) is 0 Å². The van der Waals surface area contributed by atoms with Crippen molar-refractivity contribution in [2.75, 3.05) is 13.1 Å². The summed E-state index contributed by atoms with van der Waals surface area (Å²) in [6, 6.07) is 17.5. The smallest absolute Gasteiger partial charge is 0.228 e. The second-order valence-electron chi connectivity index (χ2n) is 6.99. The summed E-state index contributed by atoms with van der Waals surface area (Å²) in [6.07, 6.45) is 3.82. The summed E-state index contributed by atoms with van der Waals surface area (Å²) < 4.78 is 5.38. The van der Waals surface area contributed by atoms with Gasteiger partial charge in [-0.25, -0.2) is 0 Å². The fraction of sp³-hybridized carbons (Fsp3) is 0.348. The highest BCUT2D eigenvalue weighted by Gasteiger charge is 2.16. The highest BCUT2D eigenvalue weighted by atomic mass is 35.5. The Bertz CT molecular complexity index is 911. The lowest BCUT2D eigenvalue weighted by molar-refractivity contribution is -0.131. The van der Waals surface area contributed by atoms with Gasteiger partial charge in [-0.1, -0.05) is 72.6 Å². The molecular weight excluding hydrogens is 386 g/mol. The number of nitrogens with zero attached hydrogens (tertiary/aromatic N) is 3. The molecule has 0 spiro atoms. The third-order valence-electron chi connectivity index (χ3n) is 4.75. The van der Waals surface area contributed by atoms with E-state index < -0.39 is 0 Å². The minimum absolute atomic E-state index is 0.164. The Morgan fingerprint density at radius 1 is 1.07 bits per heavy atom. The van der Waals surface area contributed by atoms with Crippen LogP contribution in [0.4, 0.5) is 0 Å². The summed E-state index contributed by atoms with van der Waals surface area (Å²) in [7, 11) is 0. The largest absolute Gasteiger partial charge is 0.342 e. The van der Waals surface area contributed by atoms with Crippen LogP contribution in [0.15, 0.2) is 59.1 Å². The average molecular weight is 412 g/mol. The summed E-state index contributed by atoms with van der Waals surface area (Å²) in [5, 5.41) is 4.67. The summed E-state index contributed by atoms with van der Waals surface area (Å²) in [4.78, 5) is 19.1. The van der Waals surface area contributed by atoms with Crippen LogP contribution in [-0.2, 0) is 17.6 Å². The molecule has 0 N–H and O–H groups in total. The van der Waals surface area contributed by atoms with Crippen molar-refractivity contribution >= 4 is 17.5 Å². The highest BCUT2D eigenvalue weighted by molar-refractivity contribution is 6.30. The van der Waals surface area contributed by atoms with E-state index in [2.05, 4.69) is 29.2 Å². The zero-order valence-electron chi connectivity index (χ0n) is 16.7. The zero-order valence-corrected chi connectivity index (χ0v) is 17.4. The number of carbonyl (C=O) groups excluding carboxylic acids is 1. The van der Waals surface area contributed by atoms with Crippen LogP contribution in [0.25, 0.3) is 11.4 Å². The zero-order chi connectivity index (χ0) is 20.5. The predicted octanol–water partition coefficient (Wildman–Crippen LogP) is 5.19. The number of rotatable bonds is 10. The van der Waals surface area contributed by atoms with Gasteiger partial charge < -0.3 is 9.42 Å². The molecule has 0 atom stereocenters. The molecule has 6 heteroatoms. The van der Waals surface area contributed by atoms with Crippen molar-refractivity contribution in [1.82, 2.24) is 15.0 Å². The first-order chi connectivity index (χ1) is 14.2. The van der Waals surface area contributed by atoms with E-state index in [9.17, 15) is 4.79 Å². The fourth-order valence-corrected chi connectivity index (χ4v) is 3.29. The summed E-state index contributed by atoms with van der Waals surface area (Å²) in [5.41, 5.74) is 1.99. The minimum atomic E-state index is 0.164. The molecule has 152 valence electrons. The highest BCUT2D eigenvalue weighted by Crippen LogP contribution is 2.20. The first-order valence-corrected chi connectivity index (χ1v) is 10.4. The van der Waals surface area contributed by atoms with E-state index in [1.807, 2.05) is 35.2 Å². The van der Waals surface area contributed by atoms with E-state index in [1.54, 1.807) is 12.1 Å². The number of hydrogen-bond acceptors (Lipinski definition) is 4. The van der Waals surface area contributed by atoms with E-state index in [1.165, 1.54) is 5.56 Å². The second kappa shape index (κ2) is 10.8. The summed E-state index contributed by atoms with van der Waals surface area (Å²) >= 11 is 6.03. The van der Waals surface area contributed by atoms with Gasteiger partial charge in [0.25, 0.3) is 0 Å². The van der Waals surface area contributed by atoms with Gasteiger partial charge in [-0.2, -0.15) is 4.98 Å². The number of carbonyl (C=O) groups is 1. The standard InChI is InChI=1S/C23H26ClN3O2/c1-2-3-15-27(22(28)13-12-18-8-5-4-6-9-18)16-14-21-25-23(26-29-21)19-10-7-11-20(24)17-19/h4-11,17H,2-3,12-16H2,1H3. The van der Waals surface area contributed by atoms with Gasteiger partial charge in [-0.05, 0) is 30.5 Å². The maximum Gasteiger partial charge on any atom is 0.228 e. The Morgan fingerprint density at radius 3 is 2.66 bits per heavy atom. The van der Waals surface area contributed by atoms with Gasteiger partial charge in [0, 0.05) is 36.5 Å². The second-order valence-corrected chi connectivity index (χ2v) is 7.43. The van der Waals surface area contributed by atoms with Gasteiger partial charge in [0.1, 0.15) is 0 Å². The molecule has 0 aliphatic heterocycles. The molecule has 0 saturated heterocycles. The molecule has 3 rings (SSSR count). The Balaban J connectivity index is 1.58. The van der Waals surface area contributed by atoms with Crippen molar-refractivity contribution < 1.29 is 9.32 Å². The molecule has 0 aliphatic rings. The Morgan fingerprint density at radius 2 is 1.90 bits per heavy atom. The molecule has 1 aromatic heterocycles. The minimum Gasteiger partial charge on any atom is -0.342 e. The number of unbranched alkanes of at least 4 members (excludes halogenated alkanes) is 1. The lowest BCUT2D eigenvalue weighted by Gasteiger charge is -2.22. The molecule has 2 aromatic carbocycles. The molecule has 0 bridgehead atoms. The van der Waals surface area contributed by atoms with E-state index in [-0.39, 0.29) is 5.91 Å². The lowest BCUT2D eigenvalue weighted by atomic mass is 10.1. The van der Waals surface area contributed by atoms with E-state index in [0.717, 1.165) is 31.4 Å².